The lowest BCUT2D eigenvalue weighted by molar-refractivity contribution is 0.601. The Balaban J connectivity index is 2.32. The van der Waals surface area contributed by atoms with Crippen molar-refractivity contribution in [3.05, 3.63) is 47.8 Å². The summed E-state index contributed by atoms with van der Waals surface area (Å²) in [6.07, 6.45) is 3.63. The number of rotatable bonds is 3. The second-order valence-electron chi connectivity index (χ2n) is 4.04. The Morgan fingerprint density at radius 2 is 2.06 bits per heavy atom. The van der Waals surface area contributed by atoms with E-state index in [2.05, 4.69) is 5.10 Å². The van der Waals surface area contributed by atoms with Crippen molar-refractivity contribution in [2.45, 2.75) is 11.3 Å². The average Bonchev–Trinajstić information content (AvgIpc) is 2.64. The minimum atomic E-state index is -3.14. The first-order valence-electron chi connectivity index (χ1n) is 5.23. The third kappa shape index (κ3) is 2.74. The van der Waals surface area contributed by atoms with Crippen LogP contribution in [0, 0.1) is 0 Å². The summed E-state index contributed by atoms with van der Waals surface area (Å²) in [5.41, 5.74) is 2.02. The number of benzene rings is 1. The first-order chi connectivity index (χ1) is 7.97. The molecule has 0 unspecified atom stereocenters. The standard InChI is InChI=1S/C12H14N2O2S/c1-14-11(6-7-13-14)8-10-4-3-5-12(9-10)17(2,15)16/h3-7,9H,8H2,1-2H3. The smallest absolute Gasteiger partial charge is 0.175 e. The molecular formula is C12H14N2O2S. The Bertz CT molecular complexity index is 629. The summed E-state index contributed by atoms with van der Waals surface area (Å²) < 4.78 is 24.7. The lowest BCUT2D eigenvalue weighted by atomic mass is 10.1. The van der Waals surface area contributed by atoms with Crippen molar-refractivity contribution in [2.24, 2.45) is 7.05 Å². The van der Waals surface area contributed by atoms with Gasteiger partial charge in [-0.05, 0) is 23.8 Å². The molecule has 4 nitrogen and oxygen atoms in total. The average molecular weight is 250 g/mol. The maximum atomic E-state index is 11.4. The van der Waals surface area contributed by atoms with Gasteiger partial charge in [-0.25, -0.2) is 8.42 Å². The SMILES string of the molecule is Cn1nccc1Cc1cccc(S(C)(=O)=O)c1. The molecule has 2 aromatic rings. The Kier molecular flexibility index (Phi) is 3.02. The Morgan fingerprint density at radius 1 is 1.29 bits per heavy atom. The summed E-state index contributed by atoms with van der Waals surface area (Å²) >= 11 is 0. The van der Waals surface area contributed by atoms with Gasteiger partial charge in [0.25, 0.3) is 0 Å². The predicted molar refractivity (Wildman–Crippen MR) is 65.6 cm³/mol. The summed E-state index contributed by atoms with van der Waals surface area (Å²) in [5, 5.41) is 4.08. The fraction of sp³-hybridized carbons (Fsp3) is 0.250. The minimum absolute atomic E-state index is 0.358. The molecule has 0 spiro atoms. The van der Waals surface area contributed by atoms with Gasteiger partial charge in [0.15, 0.2) is 9.84 Å². The molecule has 0 aliphatic heterocycles. The van der Waals surface area contributed by atoms with Crippen molar-refractivity contribution < 1.29 is 8.42 Å². The third-order valence-electron chi connectivity index (χ3n) is 2.63. The van der Waals surface area contributed by atoms with Crippen molar-refractivity contribution in [1.82, 2.24) is 9.78 Å². The van der Waals surface area contributed by atoms with Gasteiger partial charge in [0, 0.05) is 31.6 Å². The van der Waals surface area contributed by atoms with Crippen LogP contribution in [-0.4, -0.2) is 24.5 Å². The topological polar surface area (TPSA) is 52.0 Å². The lowest BCUT2D eigenvalue weighted by Crippen LogP contribution is -2.01. The highest BCUT2D eigenvalue weighted by Crippen LogP contribution is 2.14. The quantitative estimate of drug-likeness (QED) is 0.827. The summed E-state index contributed by atoms with van der Waals surface area (Å²) in [7, 11) is -1.27. The third-order valence-corrected chi connectivity index (χ3v) is 3.74. The highest BCUT2D eigenvalue weighted by Gasteiger charge is 2.08. The van der Waals surface area contributed by atoms with Crippen molar-refractivity contribution in [1.29, 1.82) is 0 Å². The van der Waals surface area contributed by atoms with E-state index in [0.29, 0.717) is 11.3 Å². The predicted octanol–water partition coefficient (Wildman–Crippen LogP) is 1.41. The van der Waals surface area contributed by atoms with E-state index < -0.39 is 9.84 Å². The van der Waals surface area contributed by atoms with Gasteiger partial charge in [-0.2, -0.15) is 5.10 Å². The van der Waals surface area contributed by atoms with E-state index in [0.717, 1.165) is 11.3 Å². The van der Waals surface area contributed by atoms with Gasteiger partial charge in [-0.1, -0.05) is 12.1 Å². The van der Waals surface area contributed by atoms with Crippen LogP contribution in [0.2, 0.25) is 0 Å². The Labute approximate surface area is 101 Å². The molecule has 0 aliphatic carbocycles. The normalized spacial score (nSPS) is 11.6. The minimum Gasteiger partial charge on any atom is -0.272 e. The molecule has 0 amide bonds. The molecule has 0 fully saturated rings. The molecule has 2 rings (SSSR count). The maximum Gasteiger partial charge on any atom is 0.175 e. The highest BCUT2D eigenvalue weighted by molar-refractivity contribution is 7.90. The van der Waals surface area contributed by atoms with Crippen molar-refractivity contribution in [3.63, 3.8) is 0 Å². The summed E-state index contributed by atoms with van der Waals surface area (Å²) in [6, 6.07) is 8.93. The van der Waals surface area contributed by atoms with Crippen LogP contribution in [-0.2, 0) is 23.3 Å². The highest BCUT2D eigenvalue weighted by atomic mass is 32.2. The van der Waals surface area contributed by atoms with Crippen LogP contribution in [0.4, 0.5) is 0 Å². The number of hydrogen-bond acceptors (Lipinski definition) is 3. The fourth-order valence-corrected chi connectivity index (χ4v) is 2.36. The summed E-state index contributed by atoms with van der Waals surface area (Å²) in [4.78, 5) is 0.358. The molecule has 0 bridgehead atoms. The second-order valence-corrected chi connectivity index (χ2v) is 6.06. The molecule has 0 saturated heterocycles. The zero-order valence-corrected chi connectivity index (χ0v) is 10.6. The van der Waals surface area contributed by atoms with Gasteiger partial charge in [-0.15, -0.1) is 0 Å². The van der Waals surface area contributed by atoms with Crippen molar-refractivity contribution >= 4 is 9.84 Å². The van der Waals surface area contributed by atoms with Crippen molar-refractivity contribution in [3.8, 4) is 0 Å². The number of hydrogen-bond donors (Lipinski definition) is 0. The zero-order chi connectivity index (χ0) is 12.5. The fourth-order valence-electron chi connectivity index (χ4n) is 1.67. The van der Waals surface area contributed by atoms with Gasteiger partial charge in [0.2, 0.25) is 0 Å². The van der Waals surface area contributed by atoms with Crippen LogP contribution in [0.3, 0.4) is 0 Å². The maximum absolute atomic E-state index is 11.4. The van der Waals surface area contributed by atoms with Crippen LogP contribution in [0.15, 0.2) is 41.4 Å². The number of nitrogens with zero attached hydrogens (tertiary/aromatic N) is 2. The molecule has 5 heteroatoms. The molecule has 0 N–H and O–H groups in total. The number of aromatic nitrogens is 2. The molecule has 1 aromatic carbocycles. The molecule has 0 saturated carbocycles. The van der Waals surface area contributed by atoms with Gasteiger partial charge < -0.3 is 0 Å². The molecule has 90 valence electrons. The van der Waals surface area contributed by atoms with E-state index in [4.69, 9.17) is 0 Å². The largest absolute Gasteiger partial charge is 0.272 e. The summed E-state index contributed by atoms with van der Waals surface area (Å²) in [6.45, 7) is 0. The van der Waals surface area contributed by atoms with E-state index in [1.54, 1.807) is 29.1 Å². The van der Waals surface area contributed by atoms with Gasteiger partial charge in [-0.3, -0.25) is 4.68 Å². The van der Waals surface area contributed by atoms with Gasteiger partial charge >= 0.3 is 0 Å². The molecule has 17 heavy (non-hydrogen) atoms. The second kappa shape index (κ2) is 4.33. The Morgan fingerprint density at radius 3 is 2.65 bits per heavy atom. The first-order valence-corrected chi connectivity index (χ1v) is 7.12. The van der Waals surface area contributed by atoms with Crippen molar-refractivity contribution in [2.75, 3.05) is 6.26 Å². The molecule has 1 heterocycles. The van der Waals surface area contributed by atoms with E-state index in [1.807, 2.05) is 19.2 Å². The van der Waals surface area contributed by atoms with Crippen LogP contribution in [0.1, 0.15) is 11.3 Å². The summed E-state index contributed by atoms with van der Waals surface area (Å²) in [5.74, 6) is 0. The van der Waals surface area contributed by atoms with E-state index in [9.17, 15) is 8.42 Å². The first kappa shape index (κ1) is 11.9. The number of sulfone groups is 1. The molecule has 0 aliphatic rings. The monoisotopic (exact) mass is 250 g/mol. The van der Waals surface area contributed by atoms with E-state index in [1.165, 1.54) is 6.26 Å². The Hall–Kier alpha value is -1.62. The van der Waals surface area contributed by atoms with Gasteiger partial charge in [0.1, 0.15) is 0 Å². The molecule has 1 aromatic heterocycles. The van der Waals surface area contributed by atoms with Gasteiger partial charge in [0.05, 0.1) is 4.90 Å². The van der Waals surface area contributed by atoms with Crippen LogP contribution in [0.25, 0.3) is 0 Å². The lowest BCUT2D eigenvalue weighted by Gasteiger charge is -2.04. The molecule has 0 atom stereocenters. The van der Waals surface area contributed by atoms with Crippen LogP contribution < -0.4 is 0 Å². The van der Waals surface area contributed by atoms with E-state index in [-0.39, 0.29) is 0 Å². The number of aryl methyl sites for hydroxylation is 1. The zero-order valence-electron chi connectivity index (χ0n) is 9.79. The molecular weight excluding hydrogens is 236 g/mol. The van der Waals surface area contributed by atoms with Crippen LogP contribution >= 0.6 is 0 Å². The van der Waals surface area contributed by atoms with Crippen LogP contribution in [0.5, 0.6) is 0 Å². The molecule has 0 radical (unpaired) electrons. The van der Waals surface area contributed by atoms with E-state index >= 15 is 0 Å².